The van der Waals surface area contributed by atoms with Crippen LogP contribution in [0.1, 0.15) is 83.1 Å². The summed E-state index contributed by atoms with van der Waals surface area (Å²) in [6.45, 7) is 6.37. The van der Waals surface area contributed by atoms with Crippen molar-refractivity contribution in [1.29, 1.82) is 0 Å². The molecule has 21 heteroatoms. The number of carbonyl (C=O) groups excluding carboxylic acids is 4. The number of halogens is 3. The molecule has 0 aliphatic carbocycles. The van der Waals surface area contributed by atoms with Gasteiger partial charge < -0.3 is 19.1 Å². The van der Waals surface area contributed by atoms with E-state index in [0.717, 1.165) is 11.2 Å². The summed E-state index contributed by atoms with van der Waals surface area (Å²) in [4.78, 5) is 64.6. The van der Waals surface area contributed by atoms with Crippen LogP contribution in [0.3, 0.4) is 0 Å². The number of anilines is 1. The lowest BCUT2D eigenvalue weighted by atomic mass is 9.77. The number of pyridine rings is 1. The molecular weight excluding hydrogens is 946 g/mol. The van der Waals surface area contributed by atoms with Crippen molar-refractivity contribution in [2.45, 2.75) is 63.0 Å². The number of nitrogens with zero attached hydrogens (tertiary/aromatic N) is 7. The number of fused-ring (bicyclic) bond motifs is 2. The number of aryl methyl sites for hydroxylation is 1. The highest BCUT2D eigenvalue weighted by Crippen LogP contribution is 2.41. The van der Waals surface area contributed by atoms with E-state index in [9.17, 15) is 27.6 Å². The van der Waals surface area contributed by atoms with Gasteiger partial charge in [-0.15, -0.1) is 0 Å². The number of sulfone groups is 1. The van der Waals surface area contributed by atoms with Crippen LogP contribution in [0.4, 0.5) is 19.0 Å². The fourth-order valence-corrected chi connectivity index (χ4v) is 11.2. The van der Waals surface area contributed by atoms with Gasteiger partial charge in [0.2, 0.25) is 11.8 Å². The number of piperidine rings is 2. The molecule has 4 amide bonds. The summed E-state index contributed by atoms with van der Waals surface area (Å²) >= 11 is 0. The van der Waals surface area contributed by atoms with Crippen LogP contribution in [0, 0.1) is 5.82 Å². The summed E-state index contributed by atoms with van der Waals surface area (Å²) in [6, 6.07) is 13.3. The molecule has 9 rings (SSSR count). The highest BCUT2D eigenvalue weighted by Gasteiger charge is 2.46. The SMILES string of the molecule is CCOc1cc([C@@H](CS(C)(=O)=O)N2C(=O)c3ccnc(N4CCN(C5CCN(CC(F)(F)c6ccc(Oc7cc8c(cc7F)c([C@@]7(C)CCC(=O)NC7=O)nn8C)cc6)CC5)CC4)c3C2=O)ccc1OC. The van der Waals surface area contributed by atoms with Crippen molar-refractivity contribution < 1.29 is 55.0 Å². The van der Waals surface area contributed by atoms with Gasteiger partial charge in [-0.1, -0.05) is 6.07 Å². The highest BCUT2D eigenvalue weighted by atomic mass is 32.2. The number of carbonyl (C=O) groups is 4. The molecule has 2 aromatic heterocycles. The molecule has 0 unspecified atom stereocenters. The number of likely N-dealkylation sites (tertiary alicyclic amines) is 1. The zero-order valence-electron chi connectivity index (χ0n) is 40.0. The minimum absolute atomic E-state index is 0.119. The average Bonchev–Trinajstić information content (AvgIpc) is 3.80. The predicted octanol–water partition coefficient (Wildman–Crippen LogP) is 5.76. The number of rotatable bonds is 15. The molecule has 0 saturated carbocycles. The Bertz CT molecular complexity index is 3030. The summed E-state index contributed by atoms with van der Waals surface area (Å²) in [5.74, 6) is -5.47. The maximum absolute atomic E-state index is 15.8. The zero-order chi connectivity index (χ0) is 50.6. The Labute approximate surface area is 408 Å². The Morgan fingerprint density at radius 3 is 2.30 bits per heavy atom. The van der Waals surface area contributed by atoms with Gasteiger partial charge in [0.1, 0.15) is 21.4 Å². The van der Waals surface area contributed by atoms with E-state index < -0.39 is 63.1 Å². The van der Waals surface area contributed by atoms with E-state index in [-0.39, 0.29) is 53.0 Å². The van der Waals surface area contributed by atoms with Gasteiger partial charge >= 0.3 is 0 Å². The van der Waals surface area contributed by atoms with Crippen molar-refractivity contribution in [1.82, 2.24) is 34.8 Å². The van der Waals surface area contributed by atoms with Crippen molar-refractivity contribution in [3.8, 4) is 23.0 Å². The maximum Gasteiger partial charge on any atom is 0.285 e. The van der Waals surface area contributed by atoms with E-state index in [0.29, 0.717) is 98.2 Å². The number of piperazine rings is 1. The highest BCUT2D eigenvalue weighted by molar-refractivity contribution is 7.90. The monoisotopic (exact) mass is 1000 g/mol. The standard InChI is InChI=1S/C50H55F3N8O9S/c1-6-69-41-25-30(7-12-39(41)68-4)38(28-71(5,66)67)61-46(63)34-14-18-54-45(43(34)47(61)64)60-23-21-59(22-24-60)32-15-19-58(20-16-32)29-50(52,53)31-8-10-33(11-9-31)70-40-27-37-35(26-36(40)51)44(56-57(37)3)49(2)17-13-42(62)55-48(49)65/h7-12,14,18,25-27,32,38H,6,13,15-17,19-24,28-29H2,1-5H3,(H,55,62,65)/t38-,49-/m1/s1. The van der Waals surface area contributed by atoms with Crippen molar-refractivity contribution in [3.63, 3.8) is 0 Å². The van der Waals surface area contributed by atoms with Gasteiger partial charge in [-0.2, -0.15) is 13.9 Å². The van der Waals surface area contributed by atoms with Crippen molar-refractivity contribution in [3.05, 3.63) is 101 Å². The van der Waals surface area contributed by atoms with E-state index in [1.807, 2.05) is 4.90 Å². The van der Waals surface area contributed by atoms with Gasteiger partial charge in [0.05, 0.1) is 59.8 Å². The van der Waals surface area contributed by atoms with Gasteiger partial charge in [0.25, 0.3) is 17.7 Å². The lowest BCUT2D eigenvalue weighted by Crippen LogP contribution is -2.54. The molecule has 4 aliphatic rings. The summed E-state index contributed by atoms with van der Waals surface area (Å²) in [6.07, 6.45) is 4.21. The van der Waals surface area contributed by atoms with Gasteiger partial charge in [0.15, 0.2) is 23.1 Å². The first-order chi connectivity index (χ1) is 33.8. The Balaban J connectivity index is 0.799. The second-order valence-electron chi connectivity index (χ2n) is 18.8. The fraction of sp³-hybridized carbons (Fsp3) is 0.440. The summed E-state index contributed by atoms with van der Waals surface area (Å²) in [5.41, 5.74) is 0.116. The van der Waals surface area contributed by atoms with E-state index >= 15 is 13.2 Å². The molecule has 0 spiro atoms. The minimum Gasteiger partial charge on any atom is -0.493 e. The molecule has 1 N–H and O–H groups in total. The number of nitrogens with one attached hydrogen (secondary N) is 1. The zero-order valence-corrected chi connectivity index (χ0v) is 40.9. The molecule has 17 nitrogen and oxygen atoms in total. The molecule has 3 aromatic carbocycles. The van der Waals surface area contributed by atoms with Crippen LogP contribution in [0.2, 0.25) is 0 Å². The molecule has 6 heterocycles. The molecular formula is C50H55F3N8O9S. The van der Waals surface area contributed by atoms with Gasteiger partial charge in [-0.05, 0) is 100 Å². The molecule has 0 radical (unpaired) electrons. The molecule has 0 bridgehead atoms. The predicted molar refractivity (Wildman–Crippen MR) is 255 cm³/mol. The molecule has 3 saturated heterocycles. The fourth-order valence-electron chi connectivity index (χ4n) is 10.3. The molecule has 3 fully saturated rings. The summed E-state index contributed by atoms with van der Waals surface area (Å²) in [7, 11) is -0.573. The molecule has 5 aromatic rings. The van der Waals surface area contributed by atoms with E-state index in [1.165, 1.54) is 60.5 Å². The van der Waals surface area contributed by atoms with Gasteiger partial charge in [-0.25, -0.2) is 17.8 Å². The number of aromatic nitrogens is 3. The first-order valence-electron chi connectivity index (χ1n) is 23.5. The molecule has 2 atom stereocenters. The molecule has 4 aliphatic heterocycles. The number of alkyl halides is 2. The lowest BCUT2D eigenvalue weighted by Gasteiger charge is -2.43. The van der Waals surface area contributed by atoms with Crippen LogP contribution in [0.15, 0.2) is 66.9 Å². The Morgan fingerprint density at radius 2 is 1.63 bits per heavy atom. The number of methoxy groups -OCH3 is 1. The summed E-state index contributed by atoms with van der Waals surface area (Å²) < 4.78 is 91.1. The van der Waals surface area contributed by atoms with E-state index in [1.54, 1.807) is 44.0 Å². The van der Waals surface area contributed by atoms with Crippen LogP contribution in [0.5, 0.6) is 23.0 Å². The van der Waals surface area contributed by atoms with Crippen molar-refractivity contribution >= 4 is 50.2 Å². The van der Waals surface area contributed by atoms with Crippen LogP contribution in [-0.4, -0.2) is 139 Å². The number of ether oxygens (including phenoxy) is 3. The number of hydrogen-bond acceptors (Lipinski definition) is 14. The van der Waals surface area contributed by atoms with E-state index in [2.05, 4.69) is 20.3 Å². The largest absolute Gasteiger partial charge is 0.493 e. The molecule has 376 valence electrons. The van der Waals surface area contributed by atoms with Crippen LogP contribution < -0.4 is 24.4 Å². The maximum atomic E-state index is 15.8. The topological polar surface area (TPSA) is 186 Å². The first kappa shape index (κ1) is 49.4. The first-order valence-corrected chi connectivity index (χ1v) is 25.6. The van der Waals surface area contributed by atoms with E-state index in [4.69, 9.17) is 14.2 Å². The number of amides is 4. The third-order valence-electron chi connectivity index (χ3n) is 14.1. The second kappa shape index (κ2) is 19.2. The lowest BCUT2D eigenvalue weighted by molar-refractivity contribution is -0.137. The Hall–Kier alpha value is -6.58. The Kier molecular flexibility index (Phi) is 13.4. The Morgan fingerprint density at radius 1 is 0.915 bits per heavy atom. The third-order valence-corrected chi connectivity index (χ3v) is 15.0. The number of imide groups is 2. The van der Waals surface area contributed by atoms with Crippen LogP contribution in [0.25, 0.3) is 10.9 Å². The smallest absolute Gasteiger partial charge is 0.285 e. The number of benzene rings is 3. The number of hydrogen-bond donors (Lipinski definition) is 1. The second-order valence-corrected chi connectivity index (χ2v) is 21.0. The van der Waals surface area contributed by atoms with Crippen LogP contribution >= 0.6 is 0 Å². The van der Waals surface area contributed by atoms with Crippen molar-refractivity contribution in [2.75, 3.05) is 76.4 Å². The normalized spacial score (nSPS) is 20.1. The molecule has 71 heavy (non-hydrogen) atoms. The minimum atomic E-state index is -3.70. The van der Waals surface area contributed by atoms with Crippen LogP contribution in [-0.2, 0) is 37.8 Å². The average molecular weight is 1000 g/mol. The quantitative estimate of drug-likeness (QED) is 0.125. The third kappa shape index (κ3) is 9.65. The van der Waals surface area contributed by atoms with Gasteiger partial charge in [-0.3, -0.25) is 43.9 Å². The van der Waals surface area contributed by atoms with Crippen molar-refractivity contribution in [2.24, 2.45) is 7.05 Å². The van der Waals surface area contributed by atoms with Gasteiger partial charge in [0, 0.05) is 75.2 Å². The summed E-state index contributed by atoms with van der Waals surface area (Å²) in [5, 5.41) is 7.25.